The van der Waals surface area contributed by atoms with Crippen molar-refractivity contribution in [3.05, 3.63) is 53.7 Å². The van der Waals surface area contributed by atoms with Crippen LogP contribution in [0.5, 0.6) is 0 Å². The van der Waals surface area contributed by atoms with Crippen molar-refractivity contribution in [3.63, 3.8) is 0 Å². The number of β-amino-alcohol motifs (C(OH)–C–C–N with tert-alkyl or cyclic N) is 1. The smallest absolute Gasteiger partial charge is 0.323 e. The van der Waals surface area contributed by atoms with Gasteiger partial charge in [0.1, 0.15) is 17.5 Å². The number of hydrogen-bond acceptors (Lipinski definition) is 5. The second kappa shape index (κ2) is 8.18. The summed E-state index contributed by atoms with van der Waals surface area (Å²) in [5.74, 6) is 0.0525. The van der Waals surface area contributed by atoms with Crippen molar-refractivity contribution < 1.29 is 18.7 Å². The van der Waals surface area contributed by atoms with E-state index in [1.54, 1.807) is 19.1 Å². The summed E-state index contributed by atoms with van der Waals surface area (Å²) in [6.07, 6.45) is 3.01. The molecule has 11 heteroatoms. The molecule has 2 amide bonds. The minimum absolute atomic E-state index is 0. The highest BCUT2D eigenvalue weighted by atomic mass is 35.5. The van der Waals surface area contributed by atoms with Crippen molar-refractivity contribution in [1.29, 1.82) is 0 Å². The highest BCUT2D eigenvalue weighted by Gasteiger charge is 2.39. The third-order valence-electron chi connectivity index (χ3n) is 5.80. The van der Waals surface area contributed by atoms with Crippen LogP contribution in [0.15, 0.2) is 36.5 Å². The van der Waals surface area contributed by atoms with Crippen LogP contribution in [-0.4, -0.2) is 55.9 Å². The van der Waals surface area contributed by atoms with Crippen molar-refractivity contribution >= 4 is 35.7 Å². The van der Waals surface area contributed by atoms with E-state index >= 15 is 0 Å². The first-order valence-corrected chi connectivity index (χ1v) is 10.2. The quantitative estimate of drug-likeness (QED) is 0.620. The van der Waals surface area contributed by atoms with E-state index in [0.29, 0.717) is 35.8 Å². The van der Waals surface area contributed by atoms with Gasteiger partial charge in [0.25, 0.3) is 0 Å². The van der Waals surface area contributed by atoms with Crippen LogP contribution < -0.4 is 10.2 Å². The molecule has 2 saturated heterocycles. The number of benzene rings is 1. The number of nitrogens with one attached hydrogen (secondary N) is 1. The number of amides is 2. The molecule has 0 radical (unpaired) electrons. The zero-order valence-corrected chi connectivity index (χ0v) is 18.1. The lowest BCUT2D eigenvalue weighted by atomic mass is 9.98. The maximum atomic E-state index is 14.4. The molecule has 0 bridgehead atoms. The fourth-order valence-corrected chi connectivity index (χ4v) is 4.34. The number of rotatable bonds is 3. The number of fused-ring (bicyclic) bond motifs is 1. The van der Waals surface area contributed by atoms with Gasteiger partial charge in [-0.2, -0.15) is 4.52 Å². The van der Waals surface area contributed by atoms with Gasteiger partial charge in [0.2, 0.25) is 0 Å². The van der Waals surface area contributed by atoms with E-state index in [1.165, 1.54) is 21.7 Å². The Balaban J connectivity index is 0.00000245. The molecule has 2 aromatic heterocycles. The number of nitrogens with zero attached hydrogens (tertiary/aromatic N) is 5. The molecular formula is C21H23ClF2N6O2. The van der Waals surface area contributed by atoms with E-state index < -0.39 is 17.2 Å². The Bertz CT molecular complexity index is 1160. The average molecular weight is 465 g/mol. The number of carbonyl (C=O) groups excluding carboxylic acids is 1. The third kappa shape index (κ3) is 3.95. The van der Waals surface area contributed by atoms with Gasteiger partial charge in [0, 0.05) is 12.1 Å². The van der Waals surface area contributed by atoms with Crippen LogP contribution in [0.2, 0.25) is 0 Å². The minimum Gasteiger partial charge on any atom is -0.386 e. The molecule has 5 rings (SSSR count). The van der Waals surface area contributed by atoms with Crippen LogP contribution in [0, 0.1) is 11.6 Å². The second-order valence-electron chi connectivity index (χ2n) is 8.41. The fraction of sp³-hybridized carbons (Fsp3) is 0.381. The van der Waals surface area contributed by atoms with Gasteiger partial charge in [0.15, 0.2) is 11.5 Å². The number of carbonyl (C=O) groups is 1. The zero-order chi connectivity index (χ0) is 21.8. The van der Waals surface area contributed by atoms with E-state index in [9.17, 15) is 18.7 Å². The first kappa shape index (κ1) is 22.2. The van der Waals surface area contributed by atoms with Crippen LogP contribution in [0.3, 0.4) is 0 Å². The number of imidazole rings is 1. The average Bonchev–Trinajstić information content (AvgIpc) is 3.35. The molecular weight excluding hydrogens is 442 g/mol. The van der Waals surface area contributed by atoms with E-state index in [2.05, 4.69) is 15.4 Å². The molecule has 1 unspecified atom stereocenters. The lowest BCUT2D eigenvalue weighted by Gasteiger charge is -2.43. The van der Waals surface area contributed by atoms with Gasteiger partial charge in [-0.1, -0.05) is 0 Å². The largest absolute Gasteiger partial charge is 0.386 e. The topological polar surface area (TPSA) is 86.0 Å². The number of anilines is 2. The standard InChI is InChI=1S/C21H22F2N6O2.ClH/c1-21(31)11-27(12-21)20(30)25-19-10-24-17-6-7-18(26-29(17)19)28-8-2-3-16(28)14-9-13(22)4-5-15(14)23;/h4-7,9-10,16,31H,2-3,8,11-12H2,1H3,(H,25,30);1H. The molecule has 170 valence electrons. The van der Waals surface area contributed by atoms with Crippen molar-refractivity contribution in [1.82, 2.24) is 19.5 Å². The SMILES string of the molecule is CC1(O)CN(C(=O)Nc2cnc3ccc(N4CCCC4c4cc(F)ccc4F)nn23)C1.Cl. The monoisotopic (exact) mass is 464 g/mol. The summed E-state index contributed by atoms with van der Waals surface area (Å²) in [6, 6.07) is 6.38. The summed E-state index contributed by atoms with van der Waals surface area (Å²) in [4.78, 5) is 20.1. The highest BCUT2D eigenvalue weighted by molar-refractivity contribution is 5.89. The Morgan fingerprint density at radius 1 is 1.25 bits per heavy atom. The fourth-order valence-electron chi connectivity index (χ4n) is 4.34. The lowest BCUT2D eigenvalue weighted by molar-refractivity contribution is -0.0582. The number of urea groups is 1. The first-order valence-electron chi connectivity index (χ1n) is 10.2. The predicted molar refractivity (Wildman–Crippen MR) is 117 cm³/mol. The summed E-state index contributed by atoms with van der Waals surface area (Å²) < 4.78 is 29.7. The molecule has 2 fully saturated rings. The van der Waals surface area contributed by atoms with Crippen LogP contribution >= 0.6 is 12.4 Å². The number of likely N-dealkylation sites (tertiary alicyclic amines) is 1. The van der Waals surface area contributed by atoms with Gasteiger partial charge < -0.3 is 14.9 Å². The molecule has 0 spiro atoms. The zero-order valence-electron chi connectivity index (χ0n) is 17.3. The van der Waals surface area contributed by atoms with Gasteiger partial charge in [-0.3, -0.25) is 5.32 Å². The molecule has 2 aliphatic heterocycles. The van der Waals surface area contributed by atoms with E-state index in [0.717, 1.165) is 18.6 Å². The Kier molecular flexibility index (Phi) is 5.68. The van der Waals surface area contributed by atoms with E-state index in [4.69, 9.17) is 0 Å². The third-order valence-corrected chi connectivity index (χ3v) is 5.80. The maximum absolute atomic E-state index is 14.4. The van der Waals surface area contributed by atoms with Crippen molar-refractivity contribution in [2.24, 2.45) is 0 Å². The van der Waals surface area contributed by atoms with Gasteiger partial charge in [-0.25, -0.2) is 18.6 Å². The molecule has 0 saturated carbocycles. The van der Waals surface area contributed by atoms with Crippen LogP contribution in [-0.2, 0) is 0 Å². The lowest BCUT2D eigenvalue weighted by Crippen LogP contribution is -2.62. The molecule has 4 heterocycles. The molecule has 1 atom stereocenters. The van der Waals surface area contributed by atoms with Gasteiger partial charge in [-0.15, -0.1) is 17.5 Å². The molecule has 2 aliphatic rings. The molecule has 3 aromatic rings. The van der Waals surface area contributed by atoms with E-state index in [1.807, 2.05) is 4.90 Å². The number of halogens is 3. The van der Waals surface area contributed by atoms with Crippen molar-refractivity contribution in [2.45, 2.75) is 31.4 Å². The summed E-state index contributed by atoms with van der Waals surface area (Å²) in [5.41, 5.74) is -0.00938. The Labute approximate surface area is 189 Å². The normalized spacial score (nSPS) is 19.6. The number of aromatic nitrogens is 3. The summed E-state index contributed by atoms with van der Waals surface area (Å²) >= 11 is 0. The highest BCUT2D eigenvalue weighted by Crippen LogP contribution is 2.36. The molecule has 2 N–H and O–H groups in total. The van der Waals surface area contributed by atoms with Crippen LogP contribution in [0.1, 0.15) is 31.4 Å². The Morgan fingerprint density at radius 2 is 2.03 bits per heavy atom. The molecule has 32 heavy (non-hydrogen) atoms. The van der Waals surface area contributed by atoms with Gasteiger partial charge in [0.05, 0.1) is 30.9 Å². The summed E-state index contributed by atoms with van der Waals surface area (Å²) in [5, 5.41) is 17.2. The minimum atomic E-state index is -0.862. The van der Waals surface area contributed by atoms with Crippen molar-refractivity contribution in [3.8, 4) is 0 Å². The molecule has 8 nitrogen and oxygen atoms in total. The molecule has 1 aromatic carbocycles. The van der Waals surface area contributed by atoms with Gasteiger partial charge >= 0.3 is 6.03 Å². The Morgan fingerprint density at radius 3 is 2.78 bits per heavy atom. The summed E-state index contributed by atoms with van der Waals surface area (Å²) in [7, 11) is 0. The Hall–Kier alpha value is -2.98. The second-order valence-corrected chi connectivity index (χ2v) is 8.41. The summed E-state index contributed by atoms with van der Waals surface area (Å²) in [6.45, 7) is 2.83. The van der Waals surface area contributed by atoms with Crippen molar-refractivity contribution in [2.75, 3.05) is 29.9 Å². The number of aliphatic hydroxyl groups is 1. The predicted octanol–water partition coefficient (Wildman–Crippen LogP) is 3.37. The first-order chi connectivity index (χ1) is 14.8. The van der Waals surface area contributed by atoms with Gasteiger partial charge in [-0.05, 0) is 50.1 Å². The number of hydrogen-bond donors (Lipinski definition) is 2. The van der Waals surface area contributed by atoms with Crippen LogP contribution in [0.4, 0.5) is 25.2 Å². The maximum Gasteiger partial charge on any atom is 0.323 e. The molecule has 0 aliphatic carbocycles. The van der Waals surface area contributed by atoms with E-state index in [-0.39, 0.29) is 37.6 Å². The van der Waals surface area contributed by atoms with Crippen LogP contribution in [0.25, 0.3) is 5.65 Å².